The maximum absolute atomic E-state index is 12.6. The van der Waals surface area contributed by atoms with Gasteiger partial charge in [0.15, 0.2) is 6.10 Å². The summed E-state index contributed by atoms with van der Waals surface area (Å²) in [5, 5.41) is 2.81. The number of nitrogens with one attached hydrogen (secondary N) is 1. The number of anilines is 1. The molecule has 0 saturated heterocycles. The van der Waals surface area contributed by atoms with Gasteiger partial charge in [-0.1, -0.05) is 30.7 Å². The molecule has 0 fully saturated rings. The van der Waals surface area contributed by atoms with E-state index in [9.17, 15) is 9.59 Å². The van der Waals surface area contributed by atoms with Gasteiger partial charge in [0, 0.05) is 5.69 Å². The Bertz CT molecular complexity index is 785. The molecule has 0 spiro atoms. The number of rotatable bonds is 7. The third kappa shape index (κ3) is 5.09. The standard InChI is InChI=1S/C21H25NO4/c1-5-18(26-19-11-10-14(3)12-15(19)4)20(23)22-17-9-7-8-16(13-17)21(24)25-6-2/h7-13,18H,5-6H2,1-4H3,(H,22,23)/t18-/m0/s1. The van der Waals surface area contributed by atoms with E-state index < -0.39 is 12.1 Å². The molecule has 0 aliphatic carbocycles. The summed E-state index contributed by atoms with van der Waals surface area (Å²) < 4.78 is 10.9. The lowest BCUT2D eigenvalue weighted by Crippen LogP contribution is -2.32. The van der Waals surface area contributed by atoms with Gasteiger partial charge in [-0.3, -0.25) is 4.79 Å². The lowest BCUT2D eigenvalue weighted by Gasteiger charge is -2.19. The van der Waals surface area contributed by atoms with Gasteiger partial charge in [0.1, 0.15) is 5.75 Å². The van der Waals surface area contributed by atoms with Crippen LogP contribution in [0.3, 0.4) is 0 Å². The van der Waals surface area contributed by atoms with Crippen LogP contribution in [0, 0.1) is 13.8 Å². The normalized spacial score (nSPS) is 11.5. The van der Waals surface area contributed by atoms with Gasteiger partial charge in [-0.25, -0.2) is 4.79 Å². The highest BCUT2D eigenvalue weighted by atomic mass is 16.5. The fourth-order valence-electron chi connectivity index (χ4n) is 2.57. The molecule has 2 rings (SSSR count). The molecule has 5 heteroatoms. The van der Waals surface area contributed by atoms with Crippen LogP contribution >= 0.6 is 0 Å². The Hall–Kier alpha value is -2.82. The zero-order valence-corrected chi connectivity index (χ0v) is 15.7. The summed E-state index contributed by atoms with van der Waals surface area (Å²) in [4.78, 5) is 24.4. The molecule has 0 aliphatic rings. The van der Waals surface area contributed by atoms with Crippen LogP contribution in [-0.2, 0) is 9.53 Å². The monoisotopic (exact) mass is 355 g/mol. The minimum absolute atomic E-state index is 0.256. The van der Waals surface area contributed by atoms with Crippen molar-refractivity contribution in [2.45, 2.75) is 40.2 Å². The smallest absolute Gasteiger partial charge is 0.338 e. The average Bonchev–Trinajstić information content (AvgIpc) is 2.61. The predicted octanol–water partition coefficient (Wildman–Crippen LogP) is 4.28. The van der Waals surface area contributed by atoms with Gasteiger partial charge in [-0.15, -0.1) is 0 Å². The van der Waals surface area contributed by atoms with E-state index in [1.165, 1.54) is 0 Å². The fourth-order valence-corrected chi connectivity index (χ4v) is 2.57. The number of ether oxygens (including phenoxy) is 2. The molecule has 0 aliphatic heterocycles. The Labute approximate surface area is 154 Å². The van der Waals surface area contributed by atoms with E-state index in [-0.39, 0.29) is 5.91 Å². The Kier molecular flexibility index (Phi) is 6.78. The highest BCUT2D eigenvalue weighted by Gasteiger charge is 2.20. The van der Waals surface area contributed by atoms with E-state index in [0.717, 1.165) is 11.1 Å². The van der Waals surface area contributed by atoms with E-state index in [4.69, 9.17) is 9.47 Å². The van der Waals surface area contributed by atoms with E-state index in [2.05, 4.69) is 5.32 Å². The topological polar surface area (TPSA) is 64.6 Å². The summed E-state index contributed by atoms with van der Waals surface area (Å²) in [7, 11) is 0. The summed E-state index contributed by atoms with van der Waals surface area (Å²) in [5.74, 6) is 0.0218. The summed E-state index contributed by atoms with van der Waals surface area (Å²) >= 11 is 0. The number of amides is 1. The highest BCUT2D eigenvalue weighted by molar-refractivity contribution is 5.96. The third-order valence-corrected chi connectivity index (χ3v) is 3.90. The van der Waals surface area contributed by atoms with Crippen molar-refractivity contribution >= 4 is 17.6 Å². The van der Waals surface area contributed by atoms with Crippen molar-refractivity contribution in [1.82, 2.24) is 0 Å². The quantitative estimate of drug-likeness (QED) is 0.753. The molecular weight excluding hydrogens is 330 g/mol. The number of hydrogen-bond donors (Lipinski definition) is 1. The van der Waals surface area contributed by atoms with Gasteiger partial charge in [-0.05, 0) is 57.0 Å². The van der Waals surface area contributed by atoms with Gasteiger partial charge in [-0.2, -0.15) is 0 Å². The zero-order chi connectivity index (χ0) is 19.1. The van der Waals surface area contributed by atoms with Crippen LogP contribution in [-0.4, -0.2) is 24.6 Å². The predicted molar refractivity (Wildman–Crippen MR) is 102 cm³/mol. The van der Waals surface area contributed by atoms with Crippen LogP contribution in [0.4, 0.5) is 5.69 Å². The second kappa shape index (κ2) is 9.04. The van der Waals surface area contributed by atoms with Crippen molar-refractivity contribution < 1.29 is 19.1 Å². The average molecular weight is 355 g/mol. The summed E-state index contributed by atoms with van der Waals surface area (Å²) in [6, 6.07) is 12.5. The SMILES string of the molecule is CCOC(=O)c1cccc(NC(=O)[C@H](CC)Oc2ccc(C)cc2C)c1. The molecule has 0 saturated carbocycles. The molecule has 0 radical (unpaired) electrons. The number of hydrogen-bond acceptors (Lipinski definition) is 4. The van der Waals surface area contributed by atoms with Gasteiger partial charge >= 0.3 is 5.97 Å². The molecule has 5 nitrogen and oxygen atoms in total. The number of carbonyl (C=O) groups is 2. The summed E-state index contributed by atoms with van der Waals surface area (Å²) in [5.41, 5.74) is 3.06. The molecular formula is C21H25NO4. The van der Waals surface area contributed by atoms with Crippen LogP contribution in [0.5, 0.6) is 5.75 Å². The van der Waals surface area contributed by atoms with Crippen molar-refractivity contribution in [2.75, 3.05) is 11.9 Å². The molecule has 0 unspecified atom stereocenters. The minimum atomic E-state index is -0.623. The van der Waals surface area contributed by atoms with Crippen LogP contribution < -0.4 is 10.1 Å². The first kappa shape index (κ1) is 19.5. The van der Waals surface area contributed by atoms with Crippen LogP contribution in [0.15, 0.2) is 42.5 Å². The molecule has 0 heterocycles. The van der Waals surface area contributed by atoms with Crippen LogP contribution in [0.1, 0.15) is 41.8 Å². The Morgan fingerprint density at radius 2 is 1.85 bits per heavy atom. The Morgan fingerprint density at radius 3 is 2.50 bits per heavy atom. The number of esters is 1. The maximum Gasteiger partial charge on any atom is 0.338 e. The van der Waals surface area contributed by atoms with E-state index in [1.807, 2.05) is 39.0 Å². The third-order valence-electron chi connectivity index (χ3n) is 3.90. The van der Waals surface area contributed by atoms with Crippen molar-refractivity contribution in [1.29, 1.82) is 0 Å². The molecule has 0 bridgehead atoms. The molecule has 2 aromatic rings. The van der Waals surface area contributed by atoms with E-state index >= 15 is 0 Å². The van der Waals surface area contributed by atoms with Gasteiger partial charge in [0.25, 0.3) is 5.91 Å². The molecule has 26 heavy (non-hydrogen) atoms. The number of benzene rings is 2. The number of aryl methyl sites for hydroxylation is 2. The zero-order valence-electron chi connectivity index (χ0n) is 15.7. The Balaban J connectivity index is 2.09. The largest absolute Gasteiger partial charge is 0.480 e. The molecule has 1 N–H and O–H groups in total. The molecule has 138 valence electrons. The fraction of sp³-hybridized carbons (Fsp3) is 0.333. The van der Waals surface area contributed by atoms with Gasteiger partial charge < -0.3 is 14.8 Å². The van der Waals surface area contributed by atoms with Crippen molar-refractivity contribution in [3.63, 3.8) is 0 Å². The number of carbonyl (C=O) groups excluding carboxylic acids is 2. The first-order valence-corrected chi connectivity index (χ1v) is 8.76. The molecule has 1 amide bonds. The second-order valence-electron chi connectivity index (χ2n) is 6.07. The summed E-state index contributed by atoms with van der Waals surface area (Å²) in [6.45, 7) is 7.91. The van der Waals surface area contributed by atoms with Crippen LogP contribution in [0.2, 0.25) is 0 Å². The Morgan fingerprint density at radius 1 is 1.08 bits per heavy atom. The summed E-state index contributed by atoms with van der Waals surface area (Å²) in [6.07, 6.45) is -0.0980. The van der Waals surface area contributed by atoms with Crippen molar-refractivity contribution in [2.24, 2.45) is 0 Å². The molecule has 0 aromatic heterocycles. The van der Waals surface area contributed by atoms with E-state index in [0.29, 0.717) is 30.0 Å². The van der Waals surface area contributed by atoms with Crippen molar-refractivity contribution in [3.8, 4) is 5.75 Å². The first-order valence-electron chi connectivity index (χ1n) is 8.76. The highest BCUT2D eigenvalue weighted by Crippen LogP contribution is 2.21. The molecule has 2 aromatic carbocycles. The molecule has 1 atom stereocenters. The maximum atomic E-state index is 12.6. The van der Waals surface area contributed by atoms with Gasteiger partial charge in [0.05, 0.1) is 12.2 Å². The lowest BCUT2D eigenvalue weighted by molar-refractivity contribution is -0.122. The van der Waals surface area contributed by atoms with Crippen molar-refractivity contribution in [3.05, 3.63) is 59.2 Å². The lowest BCUT2D eigenvalue weighted by atomic mass is 10.1. The van der Waals surface area contributed by atoms with Crippen LogP contribution in [0.25, 0.3) is 0 Å². The van der Waals surface area contributed by atoms with E-state index in [1.54, 1.807) is 31.2 Å². The second-order valence-corrected chi connectivity index (χ2v) is 6.07. The minimum Gasteiger partial charge on any atom is -0.480 e. The first-order chi connectivity index (χ1) is 12.4. The van der Waals surface area contributed by atoms with Gasteiger partial charge in [0.2, 0.25) is 0 Å².